The number of rotatable bonds is 3. The Kier molecular flexibility index (Phi) is 3.35. The molecule has 4 aromatic rings. The fraction of sp³-hybridized carbons (Fsp3) is 0.0556. The Morgan fingerprint density at radius 1 is 1.12 bits per heavy atom. The molecule has 0 aliphatic heterocycles. The molecule has 0 fully saturated rings. The van der Waals surface area contributed by atoms with E-state index >= 15 is 0 Å². The average molecular weight is 318 g/mol. The van der Waals surface area contributed by atoms with E-state index < -0.39 is 0 Å². The van der Waals surface area contributed by atoms with Gasteiger partial charge in [0, 0.05) is 35.6 Å². The summed E-state index contributed by atoms with van der Waals surface area (Å²) < 4.78 is 6.96. The highest BCUT2D eigenvalue weighted by atomic mass is 16.4. The van der Waals surface area contributed by atoms with E-state index in [-0.39, 0.29) is 5.63 Å². The Hall–Kier alpha value is -3.41. The predicted octanol–water partition coefficient (Wildman–Crippen LogP) is 3.43. The molecule has 0 aliphatic rings. The van der Waals surface area contributed by atoms with Crippen LogP contribution in [0.5, 0.6) is 0 Å². The van der Waals surface area contributed by atoms with E-state index in [1.807, 2.05) is 49.5 Å². The van der Waals surface area contributed by atoms with Crippen LogP contribution in [0.3, 0.4) is 0 Å². The third-order valence-corrected chi connectivity index (χ3v) is 3.70. The molecule has 0 saturated heterocycles. The Morgan fingerprint density at radius 2 is 2.04 bits per heavy atom. The number of nitrogens with zero attached hydrogens (tertiary/aromatic N) is 3. The molecular formula is C18H14N4O2. The lowest BCUT2D eigenvalue weighted by atomic mass is 10.1. The molecule has 0 atom stereocenters. The molecular weight excluding hydrogens is 304 g/mol. The van der Waals surface area contributed by atoms with Gasteiger partial charge >= 0.3 is 5.63 Å². The molecule has 4 rings (SSSR count). The number of benzene rings is 1. The van der Waals surface area contributed by atoms with Gasteiger partial charge in [-0.25, -0.2) is 14.5 Å². The standard InChI is InChI=1S/C18H14N4O2/c1-12-10-18(23)24-15-11-13(6-7-14(12)15)20-16-4-2-5-17(21-16)22-9-3-8-19-22/h2-11H,1H3,(H,20,21). The van der Waals surface area contributed by atoms with Crippen LogP contribution in [0, 0.1) is 6.92 Å². The van der Waals surface area contributed by atoms with Crippen molar-refractivity contribution >= 4 is 22.5 Å². The van der Waals surface area contributed by atoms with E-state index in [1.165, 1.54) is 6.07 Å². The molecule has 0 spiro atoms. The lowest BCUT2D eigenvalue weighted by Gasteiger charge is -2.08. The van der Waals surface area contributed by atoms with Crippen LogP contribution < -0.4 is 10.9 Å². The second kappa shape index (κ2) is 5.66. The van der Waals surface area contributed by atoms with E-state index in [4.69, 9.17) is 4.42 Å². The molecule has 1 N–H and O–H groups in total. The maximum atomic E-state index is 11.5. The second-order valence-electron chi connectivity index (χ2n) is 5.42. The number of nitrogens with one attached hydrogen (secondary N) is 1. The van der Waals surface area contributed by atoms with Gasteiger partial charge in [0.05, 0.1) is 0 Å². The summed E-state index contributed by atoms with van der Waals surface area (Å²) >= 11 is 0. The first kappa shape index (κ1) is 14.2. The first-order valence-electron chi connectivity index (χ1n) is 7.48. The maximum absolute atomic E-state index is 11.5. The zero-order valence-corrected chi connectivity index (χ0v) is 12.9. The number of anilines is 2. The molecule has 24 heavy (non-hydrogen) atoms. The third-order valence-electron chi connectivity index (χ3n) is 3.70. The van der Waals surface area contributed by atoms with Crippen LogP contribution in [0.2, 0.25) is 0 Å². The van der Waals surface area contributed by atoms with Crippen LogP contribution >= 0.6 is 0 Å². The molecule has 0 amide bonds. The minimum atomic E-state index is -0.351. The topological polar surface area (TPSA) is 73.0 Å². The van der Waals surface area contributed by atoms with Crippen molar-refractivity contribution in [2.45, 2.75) is 6.92 Å². The van der Waals surface area contributed by atoms with Crippen molar-refractivity contribution in [1.82, 2.24) is 14.8 Å². The van der Waals surface area contributed by atoms with Crippen molar-refractivity contribution in [3.63, 3.8) is 0 Å². The molecule has 118 valence electrons. The molecule has 0 radical (unpaired) electrons. The van der Waals surface area contributed by atoms with E-state index in [0.717, 1.165) is 16.6 Å². The van der Waals surface area contributed by atoms with Gasteiger partial charge in [0.15, 0.2) is 5.82 Å². The number of aryl methyl sites for hydroxylation is 1. The van der Waals surface area contributed by atoms with Gasteiger partial charge in [-0.15, -0.1) is 0 Å². The van der Waals surface area contributed by atoms with Crippen molar-refractivity contribution in [3.8, 4) is 5.82 Å². The van der Waals surface area contributed by atoms with Gasteiger partial charge in [-0.2, -0.15) is 5.10 Å². The van der Waals surface area contributed by atoms with E-state index in [2.05, 4.69) is 15.4 Å². The first-order valence-corrected chi connectivity index (χ1v) is 7.48. The molecule has 0 unspecified atom stereocenters. The van der Waals surface area contributed by atoms with Crippen LogP contribution in [0.4, 0.5) is 11.5 Å². The fourth-order valence-corrected chi connectivity index (χ4v) is 2.58. The van der Waals surface area contributed by atoms with Crippen molar-refractivity contribution in [2.24, 2.45) is 0 Å². The van der Waals surface area contributed by atoms with Crippen LogP contribution in [-0.2, 0) is 0 Å². The Labute approximate surface area is 137 Å². The Balaban J connectivity index is 1.69. The van der Waals surface area contributed by atoms with Gasteiger partial charge in [-0.05, 0) is 42.8 Å². The van der Waals surface area contributed by atoms with Crippen LogP contribution in [0.15, 0.2) is 70.1 Å². The minimum Gasteiger partial charge on any atom is -0.423 e. The van der Waals surface area contributed by atoms with E-state index in [9.17, 15) is 4.79 Å². The third kappa shape index (κ3) is 2.65. The van der Waals surface area contributed by atoms with Gasteiger partial charge in [0.2, 0.25) is 0 Å². The highest BCUT2D eigenvalue weighted by Crippen LogP contribution is 2.23. The predicted molar refractivity (Wildman–Crippen MR) is 91.9 cm³/mol. The van der Waals surface area contributed by atoms with Crippen molar-refractivity contribution in [2.75, 3.05) is 5.32 Å². The molecule has 3 heterocycles. The number of hydrogen-bond donors (Lipinski definition) is 1. The highest BCUT2D eigenvalue weighted by Gasteiger charge is 2.05. The van der Waals surface area contributed by atoms with Crippen LogP contribution in [-0.4, -0.2) is 14.8 Å². The van der Waals surface area contributed by atoms with Crippen molar-refractivity contribution in [1.29, 1.82) is 0 Å². The zero-order chi connectivity index (χ0) is 16.5. The second-order valence-corrected chi connectivity index (χ2v) is 5.42. The van der Waals surface area contributed by atoms with E-state index in [1.54, 1.807) is 16.9 Å². The molecule has 6 nitrogen and oxygen atoms in total. The number of aromatic nitrogens is 3. The summed E-state index contributed by atoms with van der Waals surface area (Å²) in [6.07, 6.45) is 3.54. The molecule has 3 aromatic heterocycles. The molecule has 0 aliphatic carbocycles. The number of hydrogen-bond acceptors (Lipinski definition) is 5. The molecule has 1 aromatic carbocycles. The van der Waals surface area contributed by atoms with E-state index in [0.29, 0.717) is 17.2 Å². The summed E-state index contributed by atoms with van der Waals surface area (Å²) in [5.41, 5.74) is 1.89. The summed E-state index contributed by atoms with van der Waals surface area (Å²) in [5, 5.41) is 8.31. The largest absolute Gasteiger partial charge is 0.423 e. The monoisotopic (exact) mass is 318 g/mol. The highest BCUT2D eigenvalue weighted by molar-refractivity contribution is 5.83. The van der Waals surface area contributed by atoms with Crippen LogP contribution in [0.1, 0.15) is 5.56 Å². The lowest BCUT2D eigenvalue weighted by molar-refractivity contribution is 0.560. The summed E-state index contributed by atoms with van der Waals surface area (Å²) in [5.74, 6) is 1.39. The van der Waals surface area contributed by atoms with Crippen molar-refractivity contribution < 1.29 is 4.42 Å². The molecule has 6 heteroatoms. The van der Waals surface area contributed by atoms with Gasteiger partial charge in [-0.1, -0.05) is 6.07 Å². The van der Waals surface area contributed by atoms with Gasteiger partial charge in [0.25, 0.3) is 0 Å². The molecule has 0 bridgehead atoms. The summed E-state index contributed by atoms with van der Waals surface area (Å²) in [6.45, 7) is 1.89. The fourth-order valence-electron chi connectivity index (χ4n) is 2.58. The Bertz CT molecular complexity index is 1070. The van der Waals surface area contributed by atoms with Gasteiger partial charge < -0.3 is 9.73 Å². The van der Waals surface area contributed by atoms with Gasteiger partial charge in [0.1, 0.15) is 11.4 Å². The maximum Gasteiger partial charge on any atom is 0.336 e. The SMILES string of the molecule is Cc1cc(=O)oc2cc(Nc3cccc(-n4cccn4)n3)ccc12. The zero-order valence-electron chi connectivity index (χ0n) is 12.9. The van der Waals surface area contributed by atoms with Crippen LogP contribution in [0.25, 0.3) is 16.8 Å². The summed E-state index contributed by atoms with van der Waals surface area (Å²) in [4.78, 5) is 16.1. The number of fused-ring (bicyclic) bond motifs is 1. The smallest absolute Gasteiger partial charge is 0.336 e. The normalized spacial score (nSPS) is 10.9. The summed E-state index contributed by atoms with van der Waals surface area (Å²) in [7, 11) is 0. The minimum absolute atomic E-state index is 0.351. The first-order chi connectivity index (χ1) is 11.7. The Morgan fingerprint density at radius 3 is 2.88 bits per heavy atom. The number of pyridine rings is 1. The quantitative estimate of drug-likeness (QED) is 0.586. The van der Waals surface area contributed by atoms with Crippen molar-refractivity contribution in [3.05, 3.63) is 76.9 Å². The lowest BCUT2D eigenvalue weighted by Crippen LogP contribution is -2.01. The van der Waals surface area contributed by atoms with Gasteiger partial charge in [-0.3, -0.25) is 0 Å². The molecule has 0 saturated carbocycles. The average Bonchev–Trinajstić information content (AvgIpc) is 3.09. The summed E-state index contributed by atoms with van der Waals surface area (Å²) in [6, 6.07) is 14.6.